The molecule has 16 heavy (non-hydrogen) atoms. The number of aromatic amines is 1. The van der Waals surface area contributed by atoms with Crippen molar-refractivity contribution in [3.8, 4) is 0 Å². The second-order valence-corrected chi connectivity index (χ2v) is 3.22. The zero-order valence-electron chi connectivity index (χ0n) is 10.1. The maximum atomic E-state index is 11.3. The Morgan fingerprint density at radius 2 is 2.00 bits per heavy atom. The molecule has 0 aliphatic carbocycles. The van der Waals surface area contributed by atoms with Crippen molar-refractivity contribution in [3.05, 3.63) is 35.5 Å². The van der Waals surface area contributed by atoms with Crippen molar-refractivity contribution in [3.63, 3.8) is 0 Å². The zero-order valence-corrected chi connectivity index (χ0v) is 10.1. The molecule has 0 atom stereocenters. The van der Waals surface area contributed by atoms with Gasteiger partial charge in [-0.1, -0.05) is 13.8 Å². The molecule has 1 N–H and O–H groups in total. The fraction of sp³-hybridized carbons (Fsp3) is 0.308. The van der Waals surface area contributed by atoms with Gasteiger partial charge >= 0.3 is 5.97 Å². The first-order chi connectivity index (χ1) is 7.72. The molecule has 0 unspecified atom stereocenters. The number of hydrogen-bond donors (Lipinski definition) is 1. The number of ether oxygens (including phenoxy) is 1. The third-order valence-corrected chi connectivity index (χ3v) is 2.31. The summed E-state index contributed by atoms with van der Waals surface area (Å²) < 4.78 is 4.65. The summed E-state index contributed by atoms with van der Waals surface area (Å²) in [5.74, 6) is -0.299. The van der Waals surface area contributed by atoms with E-state index in [1.165, 1.54) is 7.11 Å². The first-order valence-corrected chi connectivity index (χ1v) is 5.38. The highest BCUT2D eigenvalue weighted by Crippen LogP contribution is 2.19. The van der Waals surface area contributed by atoms with Gasteiger partial charge in [-0.15, -0.1) is 0 Å². The van der Waals surface area contributed by atoms with Crippen molar-refractivity contribution in [1.82, 2.24) is 4.98 Å². The Labute approximate surface area is 95.4 Å². The van der Waals surface area contributed by atoms with Gasteiger partial charge in [0, 0.05) is 17.1 Å². The van der Waals surface area contributed by atoms with Crippen LogP contribution in [0, 0.1) is 6.92 Å². The largest absolute Gasteiger partial charge is 0.465 e. The molecule has 0 spiro atoms. The maximum Gasteiger partial charge on any atom is 0.337 e. The fourth-order valence-electron chi connectivity index (χ4n) is 1.50. The number of fused-ring (bicyclic) bond motifs is 1. The molecule has 1 heterocycles. The number of nitrogens with one attached hydrogen (secondary N) is 1. The average molecular weight is 219 g/mol. The van der Waals surface area contributed by atoms with Crippen molar-refractivity contribution in [2.45, 2.75) is 20.8 Å². The van der Waals surface area contributed by atoms with Gasteiger partial charge in [-0.05, 0) is 30.7 Å². The molecule has 0 amide bonds. The van der Waals surface area contributed by atoms with E-state index in [4.69, 9.17) is 0 Å². The van der Waals surface area contributed by atoms with E-state index in [-0.39, 0.29) is 5.97 Å². The van der Waals surface area contributed by atoms with Gasteiger partial charge in [-0.3, -0.25) is 0 Å². The predicted molar refractivity (Wildman–Crippen MR) is 65.7 cm³/mol. The Hall–Kier alpha value is -1.77. The first-order valence-electron chi connectivity index (χ1n) is 5.38. The molecule has 86 valence electrons. The number of carbonyl (C=O) groups is 1. The van der Waals surface area contributed by atoms with E-state index >= 15 is 0 Å². The number of rotatable bonds is 1. The third kappa shape index (κ3) is 2.24. The second kappa shape index (κ2) is 5.35. The smallest absolute Gasteiger partial charge is 0.337 e. The number of methoxy groups -OCH3 is 1. The molecule has 1 aromatic carbocycles. The number of hydrogen-bond acceptors (Lipinski definition) is 2. The lowest BCUT2D eigenvalue weighted by molar-refractivity contribution is 0.0601. The van der Waals surface area contributed by atoms with E-state index in [0.29, 0.717) is 5.56 Å². The summed E-state index contributed by atoms with van der Waals surface area (Å²) in [6, 6.07) is 5.48. The Kier molecular flexibility index (Phi) is 4.11. The van der Waals surface area contributed by atoms with Crippen LogP contribution in [0.25, 0.3) is 10.9 Å². The van der Waals surface area contributed by atoms with E-state index in [9.17, 15) is 4.79 Å². The van der Waals surface area contributed by atoms with E-state index in [2.05, 4.69) is 9.72 Å². The quantitative estimate of drug-likeness (QED) is 0.748. The number of esters is 1. The zero-order chi connectivity index (χ0) is 12.1. The number of aromatic nitrogens is 1. The second-order valence-electron chi connectivity index (χ2n) is 3.22. The lowest BCUT2D eigenvalue weighted by Crippen LogP contribution is -2.00. The summed E-state index contributed by atoms with van der Waals surface area (Å²) in [6.07, 6.45) is 1.92. The van der Waals surface area contributed by atoms with Crippen LogP contribution < -0.4 is 0 Å². The molecule has 2 aromatic rings. The van der Waals surface area contributed by atoms with Gasteiger partial charge in [0.2, 0.25) is 0 Å². The Morgan fingerprint density at radius 1 is 1.31 bits per heavy atom. The Balaban J connectivity index is 0.000000606. The summed E-state index contributed by atoms with van der Waals surface area (Å²) in [5.41, 5.74) is 2.75. The summed E-state index contributed by atoms with van der Waals surface area (Å²) in [5, 5.41) is 1.06. The number of aryl methyl sites for hydroxylation is 1. The maximum absolute atomic E-state index is 11.3. The Bertz CT molecular complexity index is 486. The predicted octanol–water partition coefficient (Wildman–Crippen LogP) is 3.29. The van der Waals surface area contributed by atoms with Crippen LogP contribution in [0.3, 0.4) is 0 Å². The highest BCUT2D eigenvalue weighted by atomic mass is 16.5. The average Bonchev–Trinajstić information content (AvgIpc) is 2.72. The van der Waals surface area contributed by atoms with Crippen LogP contribution in [0.1, 0.15) is 29.8 Å². The van der Waals surface area contributed by atoms with Gasteiger partial charge in [-0.2, -0.15) is 0 Å². The van der Waals surface area contributed by atoms with Crippen LogP contribution in [0.4, 0.5) is 0 Å². The molecular weight excluding hydrogens is 202 g/mol. The standard InChI is InChI=1S/C11H11NO2.C2H6/c1-7-6-12-10-4-3-8(5-9(7)10)11(13)14-2;1-2/h3-6,12H,1-2H3;1-2H3. The first kappa shape index (κ1) is 12.3. The summed E-state index contributed by atoms with van der Waals surface area (Å²) >= 11 is 0. The number of benzene rings is 1. The van der Waals surface area contributed by atoms with Crippen molar-refractivity contribution in [2.24, 2.45) is 0 Å². The van der Waals surface area contributed by atoms with Crippen LogP contribution in [-0.2, 0) is 4.74 Å². The normalized spacial score (nSPS) is 9.50. The lowest BCUT2D eigenvalue weighted by atomic mass is 10.1. The Morgan fingerprint density at radius 3 is 2.62 bits per heavy atom. The minimum Gasteiger partial charge on any atom is -0.465 e. The SMILES string of the molecule is CC.COC(=O)c1ccc2[nH]cc(C)c2c1. The van der Waals surface area contributed by atoms with Crippen LogP contribution in [-0.4, -0.2) is 18.1 Å². The minimum atomic E-state index is -0.299. The highest BCUT2D eigenvalue weighted by molar-refractivity contribution is 5.95. The van der Waals surface area contributed by atoms with Crippen molar-refractivity contribution >= 4 is 16.9 Å². The molecule has 2 rings (SSSR count). The van der Waals surface area contributed by atoms with Crippen LogP contribution in [0.2, 0.25) is 0 Å². The van der Waals surface area contributed by atoms with Gasteiger partial charge in [0.25, 0.3) is 0 Å². The molecule has 3 heteroatoms. The molecule has 0 saturated heterocycles. The van der Waals surface area contributed by atoms with Gasteiger partial charge in [0.05, 0.1) is 12.7 Å². The molecule has 0 aliphatic heterocycles. The fourth-order valence-corrected chi connectivity index (χ4v) is 1.50. The molecule has 0 bridgehead atoms. The van der Waals surface area contributed by atoms with Gasteiger partial charge < -0.3 is 9.72 Å². The van der Waals surface area contributed by atoms with Crippen molar-refractivity contribution in [2.75, 3.05) is 7.11 Å². The number of carbonyl (C=O) groups excluding carboxylic acids is 1. The minimum absolute atomic E-state index is 0.299. The summed E-state index contributed by atoms with van der Waals surface area (Å²) in [6.45, 7) is 6.00. The van der Waals surface area contributed by atoms with Crippen molar-refractivity contribution in [1.29, 1.82) is 0 Å². The summed E-state index contributed by atoms with van der Waals surface area (Å²) in [7, 11) is 1.39. The van der Waals surface area contributed by atoms with Crippen molar-refractivity contribution < 1.29 is 9.53 Å². The third-order valence-electron chi connectivity index (χ3n) is 2.31. The van der Waals surface area contributed by atoms with E-state index < -0.39 is 0 Å². The van der Waals surface area contributed by atoms with E-state index in [0.717, 1.165) is 16.5 Å². The molecule has 0 radical (unpaired) electrons. The monoisotopic (exact) mass is 219 g/mol. The van der Waals surface area contributed by atoms with Crippen LogP contribution in [0.15, 0.2) is 24.4 Å². The lowest BCUT2D eigenvalue weighted by Gasteiger charge is -1.99. The molecule has 0 saturated carbocycles. The van der Waals surface area contributed by atoms with Gasteiger partial charge in [0.15, 0.2) is 0 Å². The van der Waals surface area contributed by atoms with Crippen LogP contribution >= 0.6 is 0 Å². The summed E-state index contributed by atoms with van der Waals surface area (Å²) in [4.78, 5) is 14.4. The molecule has 3 nitrogen and oxygen atoms in total. The van der Waals surface area contributed by atoms with Crippen LogP contribution in [0.5, 0.6) is 0 Å². The molecule has 0 fully saturated rings. The van der Waals surface area contributed by atoms with Gasteiger partial charge in [-0.25, -0.2) is 4.79 Å². The molecule has 0 aliphatic rings. The van der Waals surface area contributed by atoms with E-state index in [1.807, 2.05) is 39.1 Å². The highest BCUT2D eigenvalue weighted by Gasteiger charge is 2.07. The van der Waals surface area contributed by atoms with E-state index in [1.54, 1.807) is 6.07 Å². The molecular formula is C13H17NO2. The topological polar surface area (TPSA) is 42.1 Å². The van der Waals surface area contributed by atoms with Gasteiger partial charge in [0.1, 0.15) is 0 Å². The molecule has 1 aromatic heterocycles. The number of H-pyrrole nitrogens is 1.